The molecule has 0 heterocycles. The van der Waals surface area contributed by atoms with Crippen LogP contribution < -0.4 is 0 Å². The lowest BCUT2D eigenvalue weighted by Gasteiger charge is -2.42. The third-order valence-corrected chi connectivity index (χ3v) is 12.6. The monoisotopic (exact) mass is 426 g/mol. The van der Waals surface area contributed by atoms with E-state index in [0.29, 0.717) is 0 Å². The van der Waals surface area contributed by atoms with Crippen LogP contribution in [-0.4, -0.2) is 45.3 Å². The summed E-state index contributed by atoms with van der Waals surface area (Å²) in [6, 6.07) is 8.01. The molecule has 1 aliphatic carbocycles. The summed E-state index contributed by atoms with van der Waals surface area (Å²) in [5, 5.41) is 21.5. The number of hydrogen-bond donors (Lipinski definition) is 2. The van der Waals surface area contributed by atoms with Gasteiger partial charge in [-0.1, -0.05) is 58.9 Å². The van der Waals surface area contributed by atoms with E-state index in [2.05, 4.69) is 33.9 Å². The van der Waals surface area contributed by atoms with Crippen molar-refractivity contribution in [1.82, 2.24) is 0 Å². The molecule has 0 fully saturated rings. The fraction of sp³-hybridized carbons (Fsp3) is 0.619. The molecular formula is C21H34O5SSi. The van der Waals surface area contributed by atoms with E-state index in [9.17, 15) is 18.6 Å². The zero-order valence-electron chi connectivity index (χ0n) is 17.9. The molecule has 0 aromatic heterocycles. The topological polar surface area (TPSA) is 83.8 Å². The van der Waals surface area contributed by atoms with Crippen molar-refractivity contribution in [3.05, 3.63) is 41.3 Å². The maximum atomic E-state index is 13.1. The Hall–Kier alpha value is -0.993. The fourth-order valence-electron chi connectivity index (χ4n) is 3.30. The minimum absolute atomic E-state index is 0.0228. The highest BCUT2D eigenvalue weighted by Gasteiger charge is 2.46. The van der Waals surface area contributed by atoms with Gasteiger partial charge in [0, 0.05) is 11.8 Å². The second-order valence-electron chi connectivity index (χ2n) is 9.38. The van der Waals surface area contributed by atoms with Crippen LogP contribution in [0.1, 0.15) is 34.6 Å². The van der Waals surface area contributed by atoms with E-state index in [-0.39, 0.29) is 26.9 Å². The molecule has 0 saturated heterocycles. The highest BCUT2D eigenvalue weighted by molar-refractivity contribution is 7.95. The predicted molar refractivity (Wildman–Crippen MR) is 114 cm³/mol. The SMILES string of the molecule is C[C@H]1[C@H](O)[C@H](O)C(S(=O)(=O)c2ccccc2)=C[C@H](C)[C@H]1O[Si](C)(C)C(C)(C)C. The Balaban J connectivity index is 2.49. The van der Waals surface area contributed by atoms with Crippen LogP contribution in [0.3, 0.4) is 0 Å². The number of aliphatic hydroxyl groups excluding tert-OH is 2. The lowest BCUT2D eigenvalue weighted by atomic mass is 9.90. The molecule has 1 aromatic rings. The lowest BCUT2D eigenvalue weighted by Crippen LogP contribution is -2.49. The summed E-state index contributed by atoms with van der Waals surface area (Å²) in [5.74, 6) is -0.691. The minimum atomic E-state index is -3.91. The van der Waals surface area contributed by atoms with Crippen LogP contribution in [0.4, 0.5) is 0 Å². The third kappa shape index (κ3) is 4.43. The molecule has 28 heavy (non-hydrogen) atoms. The van der Waals surface area contributed by atoms with E-state index in [1.165, 1.54) is 12.1 Å². The molecular weight excluding hydrogens is 392 g/mol. The van der Waals surface area contributed by atoms with E-state index in [1.807, 2.05) is 13.8 Å². The first-order chi connectivity index (χ1) is 12.7. The maximum absolute atomic E-state index is 13.1. The predicted octanol–water partition coefficient (Wildman–Crippen LogP) is 3.74. The number of benzene rings is 1. The van der Waals surface area contributed by atoms with Gasteiger partial charge in [-0.05, 0) is 30.3 Å². The van der Waals surface area contributed by atoms with Crippen LogP contribution in [0.2, 0.25) is 18.1 Å². The molecule has 158 valence electrons. The largest absolute Gasteiger partial charge is 0.413 e. The quantitative estimate of drug-likeness (QED) is 0.717. The number of aliphatic hydroxyl groups is 2. The molecule has 5 atom stereocenters. The summed E-state index contributed by atoms with van der Waals surface area (Å²) in [5.41, 5.74) is 0. The summed E-state index contributed by atoms with van der Waals surface area (Å²) >= 11 is 0. The average Bonchev–Trinajstić information content (AvgIpc) is 2.68. The van der Waals surface area contributed by atoms with Gasteiger partial charge in [-0.15, -0.1) is 0 Å². The molecule has 0 radical (unpaired) electrons. The molecule has 0 unspecified atom stereocenters. The van der Waals surface area contributed by atoms with Crippen LogP contribution >= 0.6 is 0 Å². The zero-order chi connectivity index (χ0) is 21.5. The highest BCUT2D eigenvalue weighted by Crippen LogP contribution is 2.41. The Kier molecular flexibility index (Phi) is 6.68. The summed E-state index contributed by atoms with van der Waals surface area (Å²) in [6.45, 7) is 14.4. The molecule has 7 heteroatoms. The molecule has 0 aliphatic heterocycles. The Labute approximate surface area is 170 Å². The molecule has 5 nitrogen and oxygen atoms in total. The molecule has 0 saturated carbocycles. The summed E-state index contributed by atoms with van der Waals surface area (Å²) in [7, 11) is -6.07. The van der Waals surface area contributed by atoms with Crippen LogP contribution in [-0.2, 0) is 14.3 Å². The van der Waals surface area contributed by atoms with E-state index >= 15 is 0 Å². The summed E-state index contributed by atoms with van der Waals surface area (Å²) in [4.78, 5) is -0.0389. The molecule has 2 N–H and O–H groups in total. The second kappa shape index (κ2) is 8.03. The Morgan fingerprint density at radius 2 is 1.57 bits per heavy atom. The first-order valence-corrected chi connectivity index (χ1v) is 14.1. The Morgan fingerprint density at radius 1 is 1.04 bits per heavy atom. The van der Waals surface area contributed by atoms with Gasteiger partial charge in [-0.25, -0.2) is 8.42 Å². The van der Waals surface area contributed by atoms with Gasteiger partial charge >= 0.3 is 0 Å². The maximum Gasteiger partial charge on any atom is 0.205 e. The zero-order valence-corrected chi connectivity index (χ0v) is 19.7. The molecule has 0 amide bonds. The van der Waals surface area contributed by atoms with Gasteiger partial charge in [0.2, 0.25) is 9.84 Å². The Morgan fingerprint density at radius 3 is 2.07 bits per heavy atom. The van der Waals surface area contributed by atoms with Gasteiger partial charge in [0.05, 0.1) is 22.0 Å². The van der Waals surface area contributed by atoms with Gasteiger partial charge in [0.15, 0.2) is 8.32 Å². The first kappa shape index (κ1) is 23.3. The normalized spacial score (nSPS) is 29.9. The second-order valence-corrected chi connectivity index (χ2v) is 16.1. The van der Waals surface area contributed by atoms with Gasteiger partial charge in [-0.3, -0.25) is 0 Å². The molecule has 0 bridgehead atoms. The standard InChI is InChI=1S/C21H34O5SSi/c1-14-13-17(27(24,25)16-11-9-8-10-12-16)19(23)18(22)15(2)20(14)26-28(6,7)21(3,4)5/h8-15,18-20,22-23H,1-7H3/t14-,15-,18-,19+,20+/m0/s1. The minimum Gasteiger partial charge on any atom is -0.413 e. The van der Waals surface area contributed by atoms with Crippen LogP contribution in [0.15, 0.2) is 46.2 Å². The molecule has 2 rings (SSSR count). The smallest absolute Gasteiger partial charge is 0.205 e. The number of sulfone groups is 1. The average molecular weight is 427 g/mol. The van der Waals surface area contributed by atoms with Crippen molar-refractivity contribution in [1.29, 1.82) is 0 Å². The van der Waals surface area contributed by atoms with Crippen LogP contribution in [0, 0.1) is 11.8 Å². The molecule has 1 aliphatic rings. The van der Waals surface area contributed by atoms with Crippen molar-refractivity contribution in [3.8, 4) is 0 Å². The van der Waals surface area contributed by atoms with E-state index < -0.39 is 36.3 Å². The fourth-order valence-corrected chi connectivity index (χ4v) is 6.40. The van der Waals surface area contributed by atoms with Crippen molar-refractivity contribution in [2.75, 3.05) is 0 Å². The van der Waals surface area contributed by atoms with Crippen molar-refractivity contribution >= 4 is 18.2 Å². The number of hydrogen-bond acceptors (Lipinski definition) is 5. The van der Waals surface area contributed by atoms with Crippen molar-refractivity contribution in [3.63, 3.8) is 0 Å². The Bertz CT molecular complexity index is 811. The lowest BCUT2D eigenvalue weighted by molar-refractivity contribution is -0.0341. The van der Waals surface area contributed by atoms with Crippen molar-refractivity contribution < 1.29 is 23.1 Å². The van der Waals surface area contributed by atoms with Crippen LogP contribution in [0.5, 0.6) is 0 Å². The third-order valence-electron chi connectivity index (χ3n) is 6.22. The van der Waals surface area contributed by atoms with Crippen molar-refractivity contribution in [2.45, 2.75) is 76.0 Å². The van der Waals surface area contributed by atoms with Gasteiger partial charge < -0.3 is 14.6 Å². The van der Waals surface area contributed by atoms with Gasteiger partial charge in [-0.2, -0.15) is 0 Å². The first-order valence-electron chi connectivity index (χ1n) is 9.76. The highest BCUT2D eigenvalue weighted by atomic mass is 32.2. The van der Waals surface area contributed by atoms with Crippen LogP contribution in [0.25, 0.3) is 0 Å². The van der Waals surface area contributed by atoms with Gasteiger partial charge in [0.1, 0.15) is 6.10 Å². The van der Waals surface area contributed by atoms with Crippen molar-refractivity contribution in [2.24, 2.45) is 11.8 Å². The number of rotatable bonds is 4. The van der Waals surface area contributed by atoms with E-state index in [1.54, 1.807) is 24.3 Å². The summed E-state index contributed by atoms with van der Waals surface area (Å²) < 4.78 is 32.8. The molecule has 1 aromatic carbocycles. The van der Waals surface area contributed by atoms with E-state index in [4.69, 9.17) is 4.43 Å². The molecule has 0 spiro atoms. The van der Waals surface area contributed by atoms with Gasteiger partial charge in [0.25, 0.3) is 0 Å². The van der Waals surface area contributed by atoms with E-state index in [0.717, 1.165) is 0 Å². The summed E-state index contributed by atoms with van der Waals surface area (Å²) in [6.07, 6.45) is -1.54.